The number of thiazole rings is 1. The minimum atomic E-state index is -0.709. The van der Waals surface area contributed by atoms with Crippen LogP contribution in [0.15, 0.2) is 34.7 Å². The van der Waals surface area contributed by atoms with E-state index in [0.29, 0.717) is 16.4 Å². The van der Waals surface area contributed by atoms with Crippen molar-refractivity contribution in [1.29, 1.82) is 0 Å². The zero-order valence-corrected chi connectivity index (χ0v) is 12.0. The van der Waals surface area contributed by atoms with E-state index in [2.05, 4.69) is 10.3 Å². The van der Waals surface area contributed by atoms with Crippen molar-refractivity contribution in [1.82, 2.24) is 4.98 Å². The highest BCUT2D eigenvalue weighted by molar-refractivity contribution is 7.22. The lowest BCUT2D eigenvalue weighted by atomic mass is 10.3. The number of benzene rings is 1. The minimum Gasteiger partial charge on any atom is -0.495 e. The van der Waals surface area contributed by atoms with Crippen LogP contribution in [0.3, 0.4) is 0 Å². The molecule has 0 bridgehead atoms. The zero-order chi connectivity index (χ0) is 15.7. The summed E-state index contributed by atoms with van der Waals surface area (Å²) < 4.78 is 10.9. The van der Waals surface area contributed by atoms with E-state index in [0.717, 1.165) is 10.8 Å². The Balaban J connectivity index is 1.86. The van der Waals surface area contributed by atoms with Crippen LogP contribution < -0.4 is 10.1 Å². The van der Waals surface area contributed by atoms with Crippen molar-refractivity contribution in [2.45, 2.75) is 0 Å². The quantitative estimate of drug-likeness (QED) is 0.585. The molecule has 0 aliphatic heterocycles. The first-order chi connectivity index (χ1) is 10.6. The average molecular weight is 319 g/mol. The van der Waals surface area contributed by atoms with Crippen LogP contribution in [0, 0.1) is 10.1 Å². The van der Waals surface area contributed by atoms with Crippen molar-refractivity contribution in [2.24, 2.45) is 0 Å². The Bertz CT molecular complexity index is 870. The molecule has 0 saturated carbocycles. The first-order valence-corrected chi connectivity index (χ1v) is 6.89. The molecule has 0 saturated heterocycles. The second kappa shape index (κ2) is 5.45. The summed E-state index contributed by atoms with van der Waals surface area (Å²) in [6.45, 7) is 0. The molecule has 2 aromatic heterocycles. The summed E-state index contributed by atoms with van der Waals surface area (Å²) in [7, 11) is 1.55. The molecule has 1 amide bonds. The summed E-state index contributed by atoms with van der Waals surface area (Å²) in [5.41, 5.74) is 0.685. The third kappa shape index (κ3) is 2.49. The lowest BCUT2D eigenvalue weighted by Gasteiger charge is -1.98. The molecule has 22 heavy (non-hydrogen) atoms. The van der Waals surface area contributed by atoms with Gasteiger partial charge in [0.25, 0.3) is 5.91 Å². The number of nitrogens with zero attached hydrogens (tertiary/aromatic N) is 2. The van der Waals surface area contributed by atoms with Crippen LogP contribution in [0.2, 0.25) is 0 Å². The first-order valence-electron chi connectivity index (χ1n) is 6.07. The van der Waals surface area contributed by atoms with Crippen molar-refractivity contribution in [2.75, 3.05) is 12.4 Å². The standard InChI is InChI=1S/C13H9N3O5S/c1-20-8-4-2-3-7-11(8)22-13(14-7)15-12(17)9-5-6-10(21-9)16(18)19/h2-6H,1H3,(H,14,15,17). The fraction of sp³-hybridized carbons (Fsp3) is 0.0769. The number of carbonyl (C=O) groups is 1. The molecule has 0 aliphatic rings. The zero-order valence-electron chi connectivity index (χ0n) is 11.2. The van der Waals surface area contributed by atoms with Gasteiger partial charge in [0.1, 0.15) is 10.7 Å². The summed E-state index contributed by atoms with van der Waals surface area (Å²) in [6, 6.07) is 7.74. The van der Waals surface area contributed by atoms with E-state index >= 15 is 0 Å². The smallest absolute Gasteiger partial charge is 0.433 e. The van der Waals surface area contributed by atoms with Gasteiger partial charge in [-0.3, -0.25) is 20.2 Å². The van der Waals surface area contributed by atoms with Crippen LogP contribution in [0.5, 0.6) is 5.75 Å². The third-order valence-electron chi connectivity index (χ3n) is 2.81. The number of methoxy groups -OCH3 is 1. The maximum absolute atomic E-state index is 12.0. The lowest BCUT2D eigenvalue weighted by Crippen LogP contribution is -2.10. The summed E-state index contributed by atoms with van der Waals surface area (Å²) in [5.74, 6) is -0.593. The van der Waals surface area contributed by atoms with Gasteiger partial charge in [0.15, 0.2) is 10.9 Å². The summed E-state index contributed by atoms with van der Waals surface area (Å²) in [4.78, 5) is 26.1. The molecule has 3 rings (SSSR count). The molecule has 1 aromatic carbocycles. The highest BCUT2D eigenvalue weighted by atomic mass is 32.1. The fourth-order valence-electron chi connectivity index (χ4n) is 1.84. The van der Waals surface area contributed by atoms with Gasteiger partial charge in [0.2, 0.25) is 0 Å². The first kappa shape index (κ1) is 14.0. The van der Waals surface area contributed by atoms with Crippen LogP contribution in [-0.4, -0.2) is 22.9 Å². The molecule has 0 unspecified atom stereocenters. The van der Waals surface area contributed by atoms with Gasteiger partial charge in [0.05, 0.1) is 23.4 Å². The summed E-state index contributed by atoms with van der Waals surface area (Å²) in [6.07, 6.45) is 0. The fourth-order valence-corrected chi connectivity index (χ4v) is 2.80. The molecule has 0 fully saturated rings. The number of anilines is 1. The number of ether oxygens (including phenoxy) is 1. The number of nitro groups is 1. The normalized spacial score (nSPS) is 10.6. The van der Waals surface area contributed by atoms with Crippen molar-refractivity contribution in [3.63, 3.8) is 0 Å². The predicted octanol–water partition coefficient (Wildman–Crippen LogP) is 3.06. The number of fused-ring (bicyclic) bond motifs is 1. The molecule has 0 radical (unpaired) electrons. The maximum atomic E-state index is 12.0. The Hall–Kier alpha value is -2.94. The van der Waals surface area contributed by atoms with E-state index in [9.17, 15) is 14.9 Å². The number of rotatable bonds is 4. The summed E-state index contributed by atoms with van der Waals surface area (Å²) in [5, 5.41) is 13.4. The van der Waals surface area contributed by atoms with Crippen molar-refractivity contribution < 1.29 is 18.9 Å². The molecule has 0 spiro atoms. The van der Waals surface area contributed by atoms with E-state index < -0.39 is 16.7 Å². The van der Waals surface area contributed by atoms with Crippen molar-refractivity contribution >= 4 is 38.5 Å². The van der Waals surface area contributed by atoms with Gasteiger partial charge in [-0.05, 0) is 18.2 Å². The van der Waals surface area contributed by atoms with E-state index in [-0.39, 0.29) is 5.76 Å². The Morgan fingerprint density at radius 2 is 2.23 bits per heavy atom. The molecule has 1 N–H and O–H groups in total. The van der Waals surface area contributed by atoms with Gasteiger partial charge in [-0.1, -0.05) is 17.4 Å². The monoisotopic (exact) mass is 319 g/mol. The number of furan rings is 1. The molecule has 9 heteroatoms. The van der Waals surface area contributed by atoms with Gasteiger partial charge >= 0.3 is 5.88 Å². The average Bonchev–Trinajstić information content (AvgIpc) is 3.13. The van der Waals surface area contributed by atoms with Crippen LogP contribution in [0.4, 0.5) is 11.0 Å². The molecule has 2 heterocycles. The number of aromatic nitrogens is 1. The number of carbonyl (C=O) groups excluding carboxylic acids is 1. The SMILES string of the molecule is COc1cccc2nc(NC(=O)c3ccc([N+](=O)[O-])o3)sc12. The third-order valence-corrected chi connectivity index (χ3v) is 3.82. The van der Waals surface area contributed by atoms with Gasteiger partial charge in [0, 0.05) is 0 Å². The molecule has 0 atom stereocenters. The van der Waals surface area contributed by atoms with Crippen LogP contribution in [0.1, 0.15) is 10.6 Å². The van der Waals surface area contributed by atoms with E-state index in [4.69, 9.17) is 9.15 Å². The second-order valence-corrected chi connectivity index (χ2v) is 5.18. The lowest BCUT2D eigenvalue weighted by molar-refractivity contribution is -0.402. The van der Waals surface area contributed by atoms with Crippen LogP contribution in [0.25, 0.3) is 10.2 Å². The van der Waals surface area contributed by atoms with Crippen molar-refractivity contribution in [3.05, 3.63) is 46.2 Å². The van der Waals surface area contributed by atoms with Gasteiger partial charge in [-0.2, -0.15) is 0 Å². The van der Waals surface area contributed by atoms with Crippen LogP contribution in [-0.2, 0) is 0 Å². The Morgan fingerprint density at radius 1 is 1.41 bits per heavy atom. The van der Waals surface area contributed by atoms with Crippen molar-refractivity contribution in [3.8, 4) is 5.75 Å². The number of amides is 1. The van der Waals surface area contributed by atoms with Crippen LogP contribution >= 0.6 is 11.3 Å². The minimum absolute atomic E-state index is 0.155. The highest BCUT2D eigenvalue weighted by Crippen LogP contribution is 2.33. The number of hydrogen-bond donors (Lipinski definition) is 1. The second-order valence-electron chi connectivity index (χ2n) is 4.18. The molecule has 112 valence electrons. The van der Waals surface area contributed by atoms with E-state index in [1.54, 1.807) is 25.3 Å². The Morgan fingerprint density at radius 3 is 2.91 bits per heavy atom. The predicted molar refractivity (Wildman–Crippen MR) is 79.5 cm³/mol. The highest BCUT2D eigenvalue weighted by Gasteiger charge is 2.19. The number of hydrogen-bond acceptors (Lipinski definition) is 7. The Kier molecular flexibility index (Phi) is 3.47. The largest absolute Gasteiger partial charge is 0.495 e. The molecular formula is C13H9N3O5S. The Labute approximate surface area is 127 Å². The molecular weight excluding hydrogens is 310 g/mol. The molecule has 8 nitrogen and oxygen atoms in total. The molecule has 0 aliphatic carbocycles. The topological polar surface area (TPSA) is 108 Å². The maximum Gasteiger partial charge on any atom is 0.433 e. The van der Waals surface area contributed by atoms with Gasteiger partial charge in [-0.15, -0.1) is 0 Å². The molecule has 3 aromatic rings. The van der Waals surface area contributed by atoms with Gasteiger partial charge < -0.3 is 9.15 Å². The summed E-state index contributed by atoms with van der Waals surface area (Å²) >= 11 is 1.24. The van der Waals surface area contributed by atoms with E-state index in [1.807, 2.05) is 0 Å². The van der Waals surface area contributed by atoms with E-state index in [1.165, 1.54) is 17.4 Å². The van der Waals surface area contributed by atoms with Gasteiger partial charge in [-0.25, -0.2) is 4.98 Å². The number of nitrogens with one attached hydrogen (secondary N) is 1.